The SMILES string of the molecule is CC1CCN(C(=O)CSc2nnc(-c3ccc(Cl)cc3)n2N)CC1. The zero-order valence-electron chi connectivity index (χ0n) is 13.5. The predicted octanol–water partition coefficient (Wildman–Crippen LogP) is 2.66. The number of carbonyl (C=O) groups is 1. The molecule has 24 heavy (non-hydrogen) atoms. The fourth-order valence-electron chi connectivity index (χ4n) is 2.65. The molecule has 1 amide bonds. The standard InChI is InChI=1S/C16H20ClN5OS/c1-11-6-8-21(9-7-11)14(23)10-24-16-20-19-15(22(16)18)12-2-4-13(17)5-3-12/h2-5,11H,6-10,18H2,1H3. The van der Waals surface area contributed by atoms with Gasteiger partial charge in [0.15, 0.2) is 5.82 Å². The van der Waals surface area contributed by atoms with Gasteiger partial charge in [-0.1, -0.05) is 30.3 Å². The first-order chi connectivity index (χ1) is 11.5. The fourth-order valence-corrected chi connectivity index (χ4v) is 3.53. The maximum atomic E-state index is 12.3. The molecular weight excluding hydrogens is 346 g/mol. The van der Waals surface area contributed by atoms with Gasteiger partial charge < -0.3 is 10.7 Å². The topological polar surface area (TPSA) is 77.0 Å². The lowest BCUT2D eigenvalue weighted by molar-refractivity contribution is -0.129. The van der Waals surface area contributed by atoms with Crippen molar-refractivity contribution in [2.75, 3.05) is 24.7 Å². The minimum atomic E-state index is 0.128. The highest BCUT2D eigenvalue weighted by Gasteiger charge is 2.21. The summed E-state index contributed by atoms with van der Waals surface area (Å²) in [5.41, 5.74) is 0.831. The number of hydrogen-bond donors (Lipinski definition) is 1. The number of nitrogens with zero attached hydrogens (tertiary/aromatic N) is 4. The van der Waals surface area contributed by atoms with Crippen LogP contribution in [0.2, 0.25) is 5.02 Å². The van der Waals surface area contributed by atoms with Crippen LogP contribution in [-0.2, 0) is 4.79 Å². The van der Waals surface area contributed by atoms with E-state index in [0.717, 1.165) is 31.5 Å². The molecule has 6 nitrogen and oxygen atoms in total. The average Bonchev–Trinajstić information content (AvgIpc) is 2.95. The molecule has 0 unspecified atom stereocenters. The maximum Gasteiger partial charge on any atom is 0.233 e. The van der Waals surface area contributed by atoms with Gasteiger partial charge in [-0.15, -0.1) is 10.2 Å². The van der Waals surface area contributed by atoms with E-state index in [2.05, 4.69) is 17.1 Å². The van der Waals surface area contributed by atoms with Crippen molar-refractivity contribution in [2.45, 2.75) is 24.9 Å². The lowest BCUT2D eigenvalue weighted by atomic mass is 9.99. The van der Waals surface area contributed by atoms with E-state index in [-0.39, 0.29) is 5.91 Å². The Bertz CT molecular complexity index is 710. The number of carbonyl (C=O) groups excluding carboxylic acids is 1. The van der Waals surface area contributed by atoms with Crippen molar-refractivity contribution in [3.05, 3.63) is 29.3 Å². The Labute approximate surface area is 150 Å². The van der Waals surface area contributed by atoms with E-state index in [1.165, 1.54) is 16.4 Å². The van der Waals surface area contributed by atoms with E-state index >= 15 is 0 Å². The van der Waals surface area contributed by atoms with Gasteiger partial charge in [0.2, 0.25) is 11.1 Å². The van der Waals surface area contributed by atoms with E-state index < -0.39 is 0 Å². The van der Waals surface area contributed by atoms with Gasteiger partial charge in [0, 0.05) is 23.7 Å². The molecule has 3 rings (SSSR count). The molecule has 0 aliphatic carbocycles. The lowest BCUT2D eigenvalue weighted by Crippen LogP contribution is -2.39. The molecule has 0 atom stereocenters. The highest BCUT2D eigenvalue weighted by Crippen LogP contribution is 2.24. The molecule has 128 valence electrons. The molecule has 2 N–H and O–H groups in total. The quantitative estimate of drug-likeness (QED) is 0.665. The zero-order chi connectivity index (χ0) is 17.1. The molecule has 1 aromatic carbocycles. The molecular formula is C16H20ClN5OS. The second-order valence-corrected chi connectivity index (χ2v) is 7.41. The van der Waals surface area contributed by atoms with Gasteiger partial charge in [0.1, 0.15) is 0 Å². The van der Waals surface area contributed by atoms with Crippen molar-refractivity contribution in [1.29, 1.82) is 0 Å². The molecule has 0 spiro atoms. The van der Waals surface area contributed by atoms with Gasteiger partial charge >= 0.3 is 0 Å². The Hall–Kier alpha value is -1.73. The van der Waals surface area contributed by atoms with Crippen LogP contribution in [0.4, 0.5) is 0 Å². The van der Waals surface area contributed by atoms with Crippen LogP contribution < -0.4 is 5.84 Å². The Morgan fingerprint density at radius 1 is 1.29 bits per heavy atom. The van der Waals surface area contributed by atoms with E-state index in [4.69, 9.17) is 17.4 Å². The van der Waals surface area contributed by atoms with Gasteiger partial charge in [0.25, 0.3) is 0 Å². The van der Waals surface area contributed by atoms with Gasteiger partial charge in [-0.3, -0.25) is 4.79 Å². The zero-order valence-corrected chi connectivity index (χ0v) is 15.1. The number of amides is 1. The molecule has 0 radical (unpaired) electrons. The average molecular weight is 366 g/mol. The monoisotopic (exact) mass is 365 g/mol. The molecule has 2 aromatic rings. The fraction of sp³-hybridized carbons (Fsp3) is 0.438. The Morgan fingerprint density at radius 3 is 2.62 bits per heavy atom. The lowest BCUT2D eigenvalue weighted by Gasteiger charge is -2.30. The van der Waals surface area contributed by atoms with Crippen molar-refractivity contribution in [3.8, 4) is 11.4 Å². The summed E-state index contributed by atoms with van der Waals surface area (Å²) in [4.78, 5) is 14.2. The van der Waals surface area contributed by atoms with Gasteiger partial charge in [0.05, 0.1) is 5.75 Å². The summed E-state index contributed by atoms with van der Waals surface area (Å²) >= 11 is 7.21. The number of rotatable bonds is 4. The van der Waals surface area contributed by atoms with Crippen molar-refractivity contribution in [2.24, 2.45) is 5.92 Å². The van der Waals surface area contributed by atoms with E-state index in [9.17, 15) is 4.79 Å². The Morgan fingerprint density at radius 2 is 1.96 bits per heavy atom. The number of benzene rings is 1. The molecule has 1 aliphatic rings. The van der Waals surface area contributed by atoms with Crippen LogP contribution in [0.1, 0.15) is 19.8 Å². The van der Waals surface area contributed by atoms with Crippen molar-refractivity contribution in [1.82, 2.24) is 19.8 Å². The van der Waals surface area contributed by atoms with E-state index in [0.29, 0.717) is 27.7 Å². The number of hydrogen-bond acceptors (Lipinski definition) is 5. The van der Waals surface area contributed by atoms with Crippen LogP contribution in [-0.4, -0.2) is 44.5 Å². The molecule has 1 aromatic heterocycles. The summed E-state index contributed by atoms with van der Waals surface area (Å²) in [6.07, 6.45) is 2.15. The second kappa shape index (κ2) is 7.44. The van der Waals surface area contributed by atoms with Crippen LogP contribution in [0.5, 0.6) is 0 Å². The van der Waals surface area contributed by atoms with Crippen LogP contribution >= 0.6 is 23.4 Å². The van der Waals surface area contributed by atoms with Crippen LogP contribution in [0.3, 0.4) is 0 Å². The third-order valence-electron chi connectivity index (χ3n) is 4.23. The summed E-state index contributed by atoms with van der Waals surface area (Å²) < 4.78 is 1.42. The maximum absolute atomic E-state index is 12.3. The summed E-state index contributed by atoms with van der Waals surface area (Å²) in [7, 11) is 0. The number of aromatic nitrogens is 3. The van der Waals surface area contributed by atoms with E-state index in [1.54, 1.807) is 12.1 Å². The van der Waals surface area contributed by atoms with Gasteiger partial charge in [-0.2, -0.15) is 0 Å². The molecule has 0 bridgehead atoms. The first-order valence-corrected chi connectivity index (χ1v) is 9.28. The Balaban J connectivity index is 1.62. The summed E-state index contributed by atoms with van der Waals surface area (Å²) in [6.45, 7) is 3.91. The minimum Gasteiger partial charge on any atom is -0.342 e. The number of halogens is 1. The number of nitrogen functional groups attached to an aromatic ring is 1. The third-order valence-corrected chi connectivity index (χ3v) is 5.41. The number of thioether (sulfide) groups is 1. The van der Waals surface area contributed by atoms with Gasteiger partial charge in [-0.25, -0.2) is 4.68 Å². The highest BCUT2D eigenvalue weighted by molar-refractivity contribution is 7.99. The molecule has 1 fully saturated rings. The second-order valence-electron chi connectivity index (χ2n) is 6.04. The summed E-state index contributed by atoms with van der Waals surface area (Å²) in [5.74, 6) is 7.77. The molecule has 8 heteroatoms. The van der Waals surface area contributed by atoms with Gasteiger partial charge in [-0.05, 0) is 43.0 Å². The first-order valence-electron chi connectivity index (χ1n) is 7.91. The normalized spacial score (nSPS) is 15.7. The largest absolute Gasteiger partial charge is 0.342 e. The van der Waals surface area contributed by atoms with Crippen LogP contribution in [0.25, 0.3) is 11.4 Å². The summed E-state index contributed by atoms with van der Waals surface area (Å²) in [5, 5.41) is 9.38. The van der Waals surface area contributed by atoms with Crippen LogP contribution in [0.15, 0.2) is 29.4 Å². The predicted molar refractivity (Wildman–Crippen MR) is 96.3 cm³/mol. The Kier molecular flexibility index (Phi) is 5.30. The highest BCUT2D eigenvalue weighted by atomic mass is 35.5. The third kappa shape index (κ3) is 3.84. The van der Waals surface area contributed by atoms with Crippen LogP contribution in [0, 0.1) is 5.92 Å². The van der Waals surface area contributed by atoms with Crippen molar-refractivity contribution in [3.63, 3.8) is 0 Å². The number of nitrogens with two attached hydrogens (primary N) is 1. The smallest absolute Gasteiger partial charge is 0.233 e. The van der Waals surface area contributed by atoms with E-state index in [1.807, 2.05) is 17.0 Å². The van der Waals surface area contributed by atoms with Crippen molar-refractivity contribution >= 4 is 29.3 Å². The molecule has 1 saturated heterocycles. The first kappa shape index (κ1) is 17.1. The number of piperidine rings is 1. The molecule has 2 heterocycles. The molecule has 0 saturated carbocycles. The number of likely N-dealkylation sites (tertiary alicyclic amines) is 1. The van der Waals surface area contributed by atoms with Crippen molar-refractivity contribution < 1.29 is 4.79 Å². The minimum absolute atomic E-state index is 0.128. The summed E-state index contributed by atoms with van der Waals surface area (Å²) in [6, 6.07) is 7.23. The molecule has 1 aliphatic heterocycles.